The molecule has 132 valence electrons. The Morgan fingerprint density at radius 1 is 1.08 bits per heavy atom. The molecule has 1 heterocycles. The van der Waals surface area contributed by atoms with E-state index in [1.807, 2.05) is 12.1 Å². The highest BCUT2D eigenvalue weighted by molar-refractivity contribution is 7.92. The Morgan fingerprint density at radius 3 is 2.36 bits per heavy atom. The van der Waals surface area contributed by atoms with Crippen LogP contribution in [-0.2, 0) is 15.4 Å². The number of sulfonamides is 1. The number of methoxy groups -OCH3 is 2. The zero-order valence-electron chi connectivity index (χ0n) is 14.0. The van der Waals surface area contributed by atoms with Gasteiger partial charge in [-0.05, 0) is 24.5 Å². The van der Waals surface area contributed by atoms with Crippen molar-refractivity contribution in [3.05, 3.63) is 47.8 Å². The van der Waals surface area contributed by atoms with Crippen molar-refractivity contribution in [1.82, 2.24) is 0 Å². The minimum absolute atomic E-state index is 0.114. The predicted molar refractivity (Wildman–Crippen MR) is 91.4 cm³/mol. The molecule has 1 spiro atoms. The normalized spacial score (nSPS) is 17.5. The van der Waals surface area contributed by atoms with E-state index in [9.17, 15) is 12.8 Å². The molecule has 0 aromatic heterocycles. The van der Waals surface area contributed by atoms with Crippen LogP contribution in [0.15, 0.2) is 41.3 Å². The monoisotopic (exact) mass is 363 g/mol. The molecule has 1 saturated carbocycles. The van der Waals surface area contributed by atoms with Gasteiger partial charge in [-0.2, -0.15) is 0 Å². The van der Waals surface area contributed by atoms with E-state index in [1.54, 1.807) is 12.1 Å². The number of benzene rings is 2. The van der Waals surface area contributed by atoms with Crippen LogP contribution in [0.4, 0.5) is 10.1 Å². The van der Waals surface area contributed by atoms with Crippen molar-refractivity contribution in [2.45, 2.75) is 23.2 Å². The molecule has 25 heavy (non-hydrogen) atoms. The highest BCUT2D eigenvalue weighted by Crippen LogP contribution is 2.57. The fraction of sp³-hybridized carbons (Fsp3) is 0.333. The third-order valence-corrected chi connectivity index (χ3v) is 6.82. The van der Waals surface area contributed by atoms with Gasteiger partial charge in [0.1, 0.15) is 10.7 Å². The lowest BCUT2D eigenvalue weighted by atomic mass is 9.99. The standard InChI is InChI=1S/C18H18FNO4S/c1-23-15-9-13(19)17(10-16(15)24-2)25(21,22)20-11-18(7-8-18)12-5-3-4-6-14(12)20/h3-6,9-10H,7-8,11H2,1-2H3. The molecule has 0 N–H and O–H groups in total. The summed E-state index contributed by atoms with van der Waals surface area (Å²) in [6.07, 6.45) is 1.90. The molecule has 4 rings (SSSR count). The fourth-order valence-electron chi connectivity index (χ4n) is 3.53. The largest absolute Gasteiger partial charge is 0.493 e. The molecule has 0 bridgehead atoms. The van der Waals surface area contributed by atoms with Gasteiger partial charge in [0.15, 0.2) is 11.5 Å². The number of ether oxygens (including phenoxy) is 2. The summed E-state index contributed by atoms with van der Waals surface area (Å²) in [5, 5.41) is 0. The summed E-state index contributed by atoms with van der Waals surface area (Å²) in [4.78, 5) is -0.405. The van der Waals surface area contributed by atoms with Crippen molar-refractivity contribution in [2.75, 3.05) is 25.1 Å². The summed E-state index contributed by atoms with van der Waals surface area (Å²) in [7, 11) is -1.29. The van der Waals surface area contributed by atoms with Gasteiger partial charge in [-0.15, -0.1) is 0 Å². The lowest BCUT2D eigenvalue weighted by Gasteiger charge is -2.21. The second-order valence-corrected chi connectivity index (χ2v) is 8.28. The summed E-state index contributed by atoms with van der Waals surface area (Å²) in [6.45, 7) is 0.350. The zero-order chi connectivity index (χ0) is 17.8. The number of hydrogen-bond acceptors (Lipinski definition) is 4. The lowest BCUT2D eigenvalue weighted by Crippen LogP contribution is -2.32. The molecule has 2 aromatic rings. The van der Waals surface area contributed by atoms with Gasteiger partial charge in [0.2, 0.25) is 0 Å². The Bertz CT molecular complexity index is 954. The molecule has 0 saturated heterocycles. The maximum absolute atomic E-state index is 14.5. The third-order valence-electron chi connectivity index (χ3n) is 5.05. The average Bonchev–Trinajstić information content (AvgIpc) is 3.31. The Hall–Kier alpha value is -2.28. The number of nitrogens with zero attached hydrogens (tertiary/aromatic N) is 1. The smallest absolute Gasteiger partial charge is 0.267 e. The third kappa shape index (κ3) is 2.29. The van der Waals surface area contributed by atoms with Crippen LogP contribution in [0.25, 0.3) is 0 Å². The highest BCUT2D eigenvalue weighted by atomic mass is 32.2. The van der Waals surface area contributed by atoms with E-state index in [4.69, 9.17) is 9.47 Å². The van der Waals surface area contributed by atoms with Crippen LogP contribution in [-0.4, -0.2) is 29.2 Å². The summed E-state index contributed by atoms with van der Waals surface area (Å²) in [6, 6.07) is 9.67. The van der Waals surface area contributed by atoms with Gasteiger partial charge < -0.3 is 9.47 Å². The highest BCUT2D eigenvalue weighted by Gasteiger charge is 2.54. The summed E-state index contributed by atoms with van der Waals surface area (Å²) in [5.74, 6) is -0.526. The molecule has 1 aliphatic carbocycles. The van der Waals surface area contributed by atoms with Gasteiger partial charge in [0, 0.05) is 24.1 Å². The topological polar surface area (TPSA) is 55.8 Å². The maximum Gasteiger partial charge on any atom is 0.267 e. The van der Waals surface area contributed by atoms with Gasteiger partial charge >= 0.3 is 0 Å². The average molecular weight is 363 g/mol. The van der Waals surface area contributed by atoms with Crippen LogP contribution in [0.5, 0.6) is 11.5 Å². The van der Waals surface area contributed by atoms with Crippen LogP contribution in [0.3, 0.4) is 0 Å². The van der Waals surface area contributed by atoms with Crippen LogP contribution < -0.4 is 13.8 Å². The number of anilines is 1. The van der Waals surface area contributed by atoms with E-state index in [0.717, 1.165) is 24.5 Å². The SMILES string of the molecule is COc1cc(F)c(S(=O)(=O)N2CC3(CC3)c3ccccc32)cc1OC. The summed E-state index contributed by atoms with van der Waals surface area (Å²) in [5.41, 5.74) is 1.55. The Kier molecular flexibility index (Phi) is 3.47. The Balaban J connectivity index is 1.84. The van der Waals surface area contributed by atoms with Gasteiger partial charge in [-0.25, -0.2) is 12.8 Å². The minimum Gasteiger partial charge on any atom is -0.493 e. The van der Waals surface area contributed by atoms with Crippen molar-refractivity contribution in [1.29, 1.82) is 0 Å². The minimum atomic E-state index is -4.05. The molecule has 2 aromatic carbocycles. The quantitative estimate of drug-likeness (QED) is 0.838. The fourth-order valence-corrected chi connectivity index (χ4v) is 5.16. The molecule has 7 heteroatoms. The van der Waals surface area contributed by atoms with Crippen LogP contribution in [0, 0.1) is 5.82 Å². The molecule has 2 aliphatic rings. The second kappa shape index (κ2) is 5.36. The van der Waals surface area contributed by atoms with Crippen LogP contribution >= 0.6 is 0 Å². The van der Waals surface area contributed by atoms with Gasteiger partial charge in [0.05, 0.1) is 19.9 Å². The molecule has 1 aliphatic heterocycles. The molecular formula is C18H18FNO4S. The lowest BCUT2D eigenvalue weighted by molar-refractivity contribution is 0.350. The molecule has 0 radical (unpaired) electrons. The van der Waals surface area contributed by atoms with E-state index in [1.165, 1.54) is 24.6 Å². The van der Waals surface area contributed by atoms with Gasteiger partial charge in [-0.3, -0.25) is 4.31 Å². The van der Waals surface area contributed by atoms with Crippen LogP contribution in [0.2, 0.25) is 0 Å². The van der Waals surface area contributed by atoms with Crippen molar-refractivity contribution < 1.29 is 22.3 Å². The molecular weight excluding hydrogens is 345 g/mol. The van der Waals surface area contributed by atoms with E-state index < -0.39 is 20.7 Å². The van der Waals surface area contributed by atoms with Crippen molar-refractivity contribution >= 4 is 15.7 Å². The van der Waals surface area contributed by atoms with Crippen molar-refractivity contribution in [2.24, 2.45) is 0 Å². The molecule has 0 unspecified atom stereocenters. The molecule has 0 atom stereocenters. The first kappa shape index (κ1) is 16.2. The predicted octanol–water partition coefficient (Wildman–Crippen LogP) is 3.08. The first-order chi connectivity index (χ1) is 11.9. The van der Waals surface area contributed by atoms with E-state index in [2.05, 4.69) is 0 Å². The van der Waals surface area contributed by atoms with E-state index in [0.29, 0.717) is 12.2 Å². The molecule has 0 amide bonds. The van der Waals surface area contributed by atoms with Gasteiger partial charge in [0.25, 0.3) is 10.0 Å². The Labute approximate surface area is 146 Å². The zero-order valence-corrected chi connectivity index (χ0v) is 14.8. The second-order valence-electron chi connectivity index (χ2n) is 6.45. The van der Waals surface area contributed by atoms with E-state index in [-0.39, 0.29) is 16.9 Å². The summed E-state index contributed by atoms with van der Waals surface area (Å²) < 4.78 is 52.4. The molecule has 1 fully saturated rings. The maximum atomic E-state index is 14.5. The first-order valence-electron chi connectivity index (χ1n) is 7.97. The Morgan fingerprint density at radius 2 is 1.72 bits per heavy atom. The number of hydrogen-bond donors (Lipinski definition) is 0. The first-order valence-corrected chi connectivity index (χ1v) is 9.41. The number of halogens is 1. The van der Waals surface area contributed by atoms with Crippen molar-refractivity contribution in [3.63, 3.8) is 0 Å². The number of rotatable bonds is 4. The summed E-state index contributed by atoms with van der Waals surface area (Å²) >= 11 is 0. The van der Waals surface area contributed by atoms with Gasteiger partial charge in [-0.1, -0.05) is 18.2 Å². The van der Waals surface area contributed by atoms with Crippen LogP contribution in [0.1, 0.15) is 18.4 Å². The van der Waals surface area contributed by atoms with Crippen molar-refractivity contribution in [3.8, 4) is 11.5 Å². The molecule has 5 nitrogen and oxygen atoms in total. The number of fused-ring (bicyclic) bond motifs is 2. The number of para-hydroxylation sites is 1. The van der Waals surface area contributed by atoms with E-state index >= 15 is 0 Å².